The average Bonchev–Trinajstić information content (AvgIpc) is 3.09. The first-order chi connectivity index (χ1) is 23.8. The molecule has 4 rings (SSSR count). The van der Waals surface area contributed by atoms with Crippen LogP contribution >= 0.6 is 27.5 Å². The Morgan fingerprint density at radius 3 is 2.34 bits per heavy atom. The summed E-state index contributed by atoms with van der Waals surface area (Å²) in [5.41, 5.74) is 1.29. The van der Waals surface area contributed by atoms with Gasteiger partial charge in [0, 0.05) is 40.6 Å². The number of sulfonamides is 1. The lowest BCUT2D eigenvalue weighted by atomic mass is 10.0. The second kappa shape index (κ2) is 17.5. The van der Waals surface area contributed by atoms with Crippen molar-refractivity contribution >= 4 is 60.7 Å². The normalized spacial score (nSPS) is 11.8. The minimum atomic E-state index is -4.67. The van der Waals surface area contributed by atoms with Gasteiger partial charge in [0.05, 0.1) is 22.6 Å². The number of methoxy groups -OCH3 is 1. The number of nitrogens with zero attached hydrogens (tertiary/aromatic N) is 3. The van der Waals surface area contributed by atoms with Crippen LogP contribution < -0.4 is 14.4 Å². The van der Waals surface area contributed by atoms with E-state index in [2.05, 4.69) is 21.2 Å². The minimum Gasteiger partial charge on any atom is -0.495 e. The summed E-state index contributed by atoms with van der Waals surface area (Å²) >= 11 is 9.77. The Labute approximate surface area is 305 Å². The molecule has 4 aromatic carbocycles. The molecule has 0 fully saturated rings. The van der Waals surface area contributed by atoms with E-state index < -0.39 is 49.9 Å². The monoisotopic (exact) mass is 784 g/mol. The molecule has 0 aliphatic rings. The second-order valence-corrected chi connectivity index (χ2v) is 14.7. The molecule has 264 valence electrons. The highest BCUT2D eigenvalue weighted by molar-refractivity contribution is 9.10. The topological polar surface area (TPSA) is 139 Å². The number of amides is 2. The smallest absolute Gasteiger partial charge is 0.273 e. The van der Waals surface area contributed by atoms with Crippen LogP contribution in [0.15, 0.2) is 100 Å². The van der Waals surface area contributed by atoms with E-state index in [0.29, 0.717) is 12.1 Å². The van der Waals surface area contributed by atoms with Gasteiger partial charge >= 0.3 is 0 Å². The number of carbonyl (C=O) groups excluding carboxylic acids is 2. The number of benzene rings is 4. The molecule has 50 heavy (non-hydrogen) atoms. The number of unbranched alkanes of at least 4 members (excludes halogenated alkanes) is 1. The Morgan fingerprint density at radius 1 is 1.00 bits per heavy atom. The molecule has 1 atom stereocenters. The molecule has 0 unspecified atom stereocenters. The van der Waals surface area contributed by atoms with Crippen LogP contribution in [-0.2, 0) is 32.6 Å². The fraction of sp³-hybridized carbons (Fsp3) is 0.278. The third kappa shape index (κ3) is 9.61. The van der Waals surface area contributed by atoms with Crippen molar-refractivity contribution in [2.24, 2.45) is 0 Å². The average molecular weight is 786 g/mol. The van der Waals surface area contributed by atoms with Crippen molar-refractivity contribution in [2.45, 2.75) is 50.6 Å². The Kier molecular flexibility index (Phi) is 13.4. The predicted molar refractivity (Wildman–Crippen MR) is 197 cm³/mol. The van der Waals surface area contributed by atoms with Crippen molar-refractivity contribution in [3.05, 3.63) is 127 Å². The summed E-state index contributed by atoms with van der Waals surface area (Å²) in [6.45, 7) is 3.08. The van der Waals surface area contributed by atoms with Gasteiger partial charge in [-0.3, -0.25) is 24.0 Å². The Hall–Kier alpha value is -4.46. The molecule has 11 nitrogen and oxygen atoms in total. The zero-order valence-corrected chi connectivity index (χ0v) is 31.0. The minimum absolute atomic E-state index is 0.0264. The van der Waals surface area contributed by atoms with Gasteiger partial charge in [-0.15, -0.1) is 0 Å². The number of nitrogens with one attached hydrogen (secondary N) is 1. The third-order valence-electron chi connectivity index (χ3n) is 8.02. The highest BCUT2D eigenvalue weighted by Crippen LogP contribution is 2.36. The molecular formula is C36H38BrClN4O7S. The molecule has 0 bridgehead atoms. The van der Waals surface area contributed by atoms with Crippen LogP contribution in [0.1, 0.15) is 36.5 Å². The van der Waals surface area contributed by atoms with E-state index in [4.69, 9.17) is 16.3 Å². The molecule has 0 aliphatic carbocycles. The molecule has 0 aromatic heterocycles. The maximum Gasteiger partial charge on any atom is 0.273 e. The summed E-state index contributed by atoms with van der Waals surface area (Å²) in [7, 11) is -3.33. The third-order valence-corrected chi connectivity index (χ3v) is 10.5. The van der Waals surface area contributed by atoms with E-state index in [1.54, 1.807) is 12.1 Å². The first kappa shape index (κ1) is 38.3. The number of nitro benzene ring substituents is 1. The highest BCUT2D eigenvalue weighted by Gasteiger charge is 2.36. The lowest BCUT2D eigenvalue weighted by Crippen LogP contribution is -2.53. The van der Waals surface area contributed by atoms with Gasteiger partial charge in [0.2, 0.25) is 11.8 Å². The number of nitro groups is 1. The number of aryl methyl sites for hydroxylation is 1. The summed E-state index contributed by atoms with van der Waals surface area (Å²) < 4.78 is 36.1. The number of halogens is 2. The SMILES string of the molecule is CCCCNC(=O)[C@@H](Cc1ccccc1)N(Cc1ccc(Br)cc1)C(=O)CN(c1cc(Cl)ccc1OC)S(=O)(=O)c1ccc(C)c([N+](=O)[O-])c1. The maximum atomic E-state index is 14.7. The van der Waals surface area contributed by atoms with Crippen LogP contribution in [0.3, 0.4) is 0 Å². The molecule has 4 aromatic rings. The number of ether oxygens (including phenoxy) is 1. The molecule has 0 spiro atoms. The van der Waals surface area contributed by atoms with E-state index in [1.165, 1.54) is 49.3 Å². The molecule has 14 heteroatoms. The number of anilines is 1. The number of carbonyl (C=O) groups is 2. The zero-order chi connectivity index (χ0) is 36.4. The van der Waals surface area contributed by atoms with Crippen LogP contribution in [0.25, 0.3) is 0 Å². The summed E-state index contributed by atoms with van der Waals surface area (Å²) in [5.74, 6) is -1.01. The Balaban J connectivity index is 1.87. The van der Waals surface area contributed by atoms with Gasteiger partial charge < -0.3 is 15.0 Å². The molecule has 0 aliphatic heterocycles. The van der Waals surface area contributed by atoms with Gasteiger partial charge in [0.15, 0.2) is 0 Å². The predicted octanol–water partition coefficient (Wildman–Crippen LogP) is 7.08. The first-order valence-corrected chi connectivity index (χ1v) is 18.4. The molecule has 0 saturated heterocycles. The van der Waals surface area contributed by atoms with Crippen LogP contribution in [0.2, 0.25) is 5.02 Å². The maximum absolute atomic E-state index is 14.7. The van der Waals surface area contributed by atoms with Crippen LogP contribution in [-0.4, -0.2) is 56.3 Å². The molecule has 0 heterocycles. The standard InChI is InChI=1S/C36H38BrClN4O7S/c1-4-5-19-39-36(44)33(20-26-9-7-6-8-10-26)40(23-27-12-14-28(37)15-13-27)35(43)24-41(32-21-29(38)16-18-34(32)49-3)50(47,48)30-17-11-25(2)31(22-30)42(45)46/h6-18,21-22,33H,4-5,19-20,23-24H2,1-3H3,(H,39,44)/t33-/m1/s1. The van der Waals surface area contributed by atoms with Crippen molar-refractivity contribution in [2.75, 3.05) is 24.5 Å². The quantitative estimate of drug-likeness (QED) is 0.0728. The highest BCUT2D eigenvalue weighted by atomic mass is 79.9. The van der Waals surface area contributed by atoms with Crippen molar-refractivity contribution < 1.29 is 27.7 Å². The van der Waals surface area contributed by atoms with Gasteiger partial charge in [0.1, 0.15) is 18.3 Å². The summed E-state index contributed by atoms with van der Waals surface area (Å²) in [5, 5.41) is 14.9. The van der Waals surface area contributed by atoms with Crippen LogP contribution in [0.4, 0.5) is 11.4 Å². The van der Waals surface area contributed by atoms with E-state index in [0.717, 1.165) is 33.2 Å². The number of hydrogen-bond donors (Lipinski definition) is 1. The second-order valence-electron chi connectivity index (χ2n) is 11.5. The fourth-order valence-electron chi connectivity index (χ4n) is 5.29. The molecule has 0 saturated carbocycles. The fourth-order valence-corrected chi connectivity index (χ4v) is 7.16. The molecular weight excluding hydrogens is 748 g/mol. The van der Waals surface area contributed by atoms with E-state index in [-0.39, 0.29) is 35.0 Å². The van der Waals surface area contributed by atoms with Gasteiger partial charge in [-0.25, -0.2) is 8.42 Å². The molecule has 2 amide bonds. The van der Waals surface area contributed by atoms with Crippen molar-refractivity contribution in [3.8, 4) is 5.75 Å². The van der Waals surface area contributed by atoms with E-state index >= 15 is 0 Å². The van der Waals surface area contributed by atoms with Gasteiger partial charge in [0.25, 0.3) is 15.7 Å². The van der Waals surface area contributed by atoms with Gasteiger partial charge in [-0.2, -0.15) is 0 Å². The van der Waals surface area contributed by atoms with Crippen molar-refractivity contribution in [1.29, 1.82) is 0 Å². The molecule has 0 radical (unpaired) electrons. The van der Waals surface area contributed by atoms with Gasteiger partial charge in [-0.1, -0.05) is 89.4 Å². The lowest BCUT2D eigenvalue weighted by molar-refractivity contribution is -0.385. The summed E-state index contributed by atoms with van der Waals surface area (Å²) in [6, 6.07) is 23.3. The first-order valence-electron chi connectivity index (χ1n) is 15.8. The largest absolute Gasteiger partial charge is 0.495 e. The van der Waals surface area contributed by atoms with Crippen molar-refractivity contribution in [3.63, 3.8) is 0 Å². The number of rotatable bonds is 16. The Bertz CT molecular complexity index is 1930. The summed E-state index contributed by atoms with van der Waals surface area (Å²) in [4.78, 5) is 40.7. The molecule has 1 N–H and O–H groups in total. The number of hydrogen-bond acceptors (Lipinski definition) is 7. The summed E-state index contributed by atoms with van der Waals surface area (Å²) in [6.07, 6.45) is 1.73. The van der Waals surface area contributed by atoms with E-state index in [1.807, 2.05) is 49.4 Å². The van der Waals surface area contributed by atoms with Crippen LogP contribution in [0, 0.1) is 17.0 Å². The zero-order valence-electron chi connectivity index (χ0n) is 27.8. The van der Waals surface area contributed by atoms with Crippen molar-refractivity contribution in [1.82, 2.24) is 10.2 Å². The van der Waals surface area contributed by atoms with Crippen LogP contribution in [0.5, 0.6) is 5.75 Å². The lowest BCUT2D eigenvalue weighted by Gasteiger charge is -2.34. The Morgan fingerprint density at radius 2 is 1.70 bits per heavy atom. The van der Waals surface area contributed by atoms with Gasteiger partial charge in [-0.05, 0) is 60.9 Å². The van der Waals surface area contributed by atoms with E-state index in [9.17, 15) is 28.1 Å².